The molecule has 0 aliphatic rings. The van der Waals surface area contributed by atoms with Crippen LogP contribution in [-0.4, -0.2) is 16.7 Å². The third kappa shape index (κ3) is 2.86. The van der Waals surface area contributed by atoms with Gasteiger partial charge in [0.1, 0.15) is 0 Å². The fourth-order valence-electron chi connectivity index (χ4n) is 1.78. The van der Waals surface area contributed by atoms with Crippen molar-refractivity contribution in [3.8, 4) is 11.3 Å². The van der Waals surface area contributed by atoms with Gasteiger partial charge in [-0.15, -0.1) is 0 Å². The molecule has 1 aromatic carbocycles. The maximum atomic E-state index is 6.22. The van der Waals surface area contributed by atoms with Crippen molar-refractivity contribution in [1.82, 2.24) is 15.5 Å². The average Bonchev–Trinajstić information content (AvgIpc) is 2.81. The van der Waals surface area contributed by atoms with Gasteiger partial charge in [-0.1, -0.05) is 42.3 Å². The van der Waals surface area contributed by atoms with Gasteiger partial charge in [0.05, 0.1) is 21.9 Å². The number of aromatic nitrogens is 2. The molecule has 0 bridgehead atoms. The number of benzene rings is 1. The number of H-pyrrole nitrogens is 1. The Labute approximate surface area is 117 Å². The van der Waals surface area contributed by atoms with Crippen molar-refractivity contribution >= 4 is 23.2 Å². The summed E-state index contributed by atoms with van der Waals surface area (Å²) < 4.78 is 0. The Kier molecular flexibility index (Phi) is 4.64. The summed E-state index contributed by atoms with van der Waals surface area (Å²) in [7, 11) is 0. The SMILES string of the molecule is CCCNCc1cn[nH]c1-c1cccc(Cl)c1Cl. The molecule has 2 N–H and O–H groups in total. The molecule has 0 spiro atoms. The number of aromatic amines is 1. The highest BCUT2D eigenvalue weighted by Gasteiger charge is 2.12. The molecule has 5 heteroatoms. The Hall–Kier alpha value is -1.03. The van der Waals surface area contributed by atoms with Gasteiger partial charge in [0, 0.05) is 17.7 Å². The van der Waals surface area contributed by atoms with Gasteiger partial charge in [-0.05, 0) is 19.0 Å². The van der Waals surface area contributed by atoms with Gasteiger partial charge in [-0.3, -0.25) is 5.10 Å². The third-order valence-corrected chi connectivity index (χ3v) is 3.50. The van der Waals surface area contributed by atoms with Crippen molar-refractivity contribution in [2.45, 2.75) is 19.9 Å². The van der Waals surface area contributed by atoms with Gasteiger partial charge in [-0.25, -0.2) is 0 Å². The summed E-state index contributed by atoms with van der Waals surface area (Å²) in [6.07, 6.45) is 2.92. The summed E-state index contributed by atoms with van der Waals surface area (Å²) in [4.78, 5) is 0. The first-order valence-electron chi connectivity index (χ1n) is 5.91. The van der Waals surface area contributed by atoms with Gasteiger partial charge >= 0.3 is 0 Å². The summed E-state index contributed by atoms with van der Waals surface area (Å²) in [5, 5.41) is 11.5. The molecule has 18 heavy (non-hydrogen) atoms. The Bertz CT molecular complexity index is 523. The molecule has 0 aliphatic carbocycles. The minimum absolute atomic E-state index is 0.552. The second-order valence-electron chi connectivity index (χ2n) is 4.05. The largest absolute Gasteiger partial charge is 0.313 e. The Morgan fingerprint density at radius 3 is 2.94 bits per heavy atom. The first-order chi connectivity index (χ1) is 8.74. The summed E-state index contributed by atoms with van der Waals surface area (Å²) in [5.74, 6) is 0. The molecule has 0 saturated heterocycles. The van der Waals surface area contributed by atoms with Gasteiger partial charge in [0.15, 0.2) is 0 Å². The summed E-state index contributed by atoms with van der Waals surface area (Å²) >= 11 is 12.2. The average molecular weight is 284 g/mol. The fourth-order valence-corrected chi connectivity index (χ4v) is 2.17. The Balaban J connectivity index is 2.28. The molecule has 0 radical (unpaired) electrons. The lowest BCUT2D eigenvalue weighted by atomic mass is 10.1. The van der Waals surface area contributed by atoms with E-state index in [2.05, 4.69) is 22.4 Å². The smallest absolute Gasteiger partial charge is 0.0710 e. The van der Waals surface area contributed by atoms with Crippen LogP contribution in [0.3, 0.4) is 0 Å². The molecular weight excluding hydrogens is 269 g/mol. The molecule has 0 fully saturated rings. The van der Waals surface area contributed by atoms with Crippen molar-refractivity contribution < 1.29 is 0 Å². The Morgan fingerprint density at radius 2 is 2.17 bits per heavy atom. The van der Waals surface area contributed by atoms with E-state index in [1.807, 2.05) is 18.3 Å². The highest BCUT2D eigenvalue weighted by molar-refractivity contribution is 6.43. The molecule has 0 aliphatic heterocycles. The zero-order chi connectivity index (χ0) is 13.0. The zero-order valence-corrected chi connectivity index (χ0v) is 11.6. The molecule has 96 valence electrons. The summed E-state index contributed by atoms with van der Waals surface area (Å²) in [5.41, 5.74) is 2.90. The van der Waals surface area contributed by atoms with Gasteiger partial charge in [-0.2, -0.15) is 5.10 Å². The molecule has 2 rings (SSSR count). The van der Waals surface area contributed by atoms with Crippen LogP contribution in [0.4, 0.5) is 0 Å². The van der Waals surface area contributed by atoms with Crippen LogP contribution in [0, 0.1) is 0 Å². The predicted molar refractivity (Wildman–Crippen MR) is 76.0 cm³/mol. The van der Waals surface area contributed by atoms with Crippen LogP contribution in [0.25, 0.3) is 11.3 Å². The maximum absolute atomic E-state index is 6.22. The van der Waals surface area contributed by atoms with Crippen LogP contribution < -0.4 is 5.32 Å². The van der Waals surface area contributed by atoms with Crippen molar-refractivity contribution in [3.05, 3.63) is 40.0 Å². The molecule has 3 nitrogen and oxygen atoms in total. The molecular formula is C13H15Cl2N3. The normalized spacial score (nSPS) is 10.8. The number of hydrogen-bond acceptors (Lipinski definition) is 2. The molecule has 2 aromatic rings. The van der Waals surface area contributed by atoms with Crippen LogP contribution in [0.15, 0.2) is 24.4 Å². The predicted octanol–water partition coefficient (Wildman–Crippen LogP) is 3.88. The lowest BCUT2D eigenvalue weighted by molar-refractivity contribution is 0.676. The highest BCUT2D eigenvalue weighted by Crippen LogP contribution is 2.33. The van der Waals surface area contributed by atoms with E-state index in [1.165, 1.54) is 0 Å². The van der Waals surface area contributed by atoms with Crippen molar-refractivity contribution in [3.63, 3.8) is 0 Å². The van der Waals surface area contributed by atoms with E-state index in [4.69, 9.17) is 23.2 Å². The molecule has 1 heterocycles. The van der Waals surface area contributed by atoms with E-state index in [0.717, 1.165) is 36.3 Å². The van der Waals surface area contributed by atoms with Gasteiger partial charge < -0.3 is 5.32 Å². The molecule has 0 saturated carbocycles. The lowest BCUT2D eigenvalue weighted by Crippen LogP contribution is -2.13. The zero-order valence-electron chi connectivity index (χ0n) is 10.1. The maximum Gasteiger partial charge on any atom is 0.0710 e. The molecule has 0 atom stereocenters. The number of nitrogens with zero attached hydrogens (tertiary/aromatic N) is 1. The van der Waals surface area contributed by atoms with E-state index >= 15 is 0 Å². The molecule has 0 amide bonds. The fraction of sp³-hybridized carbons (Fsp3) is 0.308. The second kappa shape index (κ2) is 6.23. The van der Waals surface area contributed by atoms with Crippen molar-refractivity contribution in [2.75, 3.05) is 6.54 Å². The van der Waals surface area contributed by atoms with E-state index in [0.29, 0.717) is 10.0 Å². The molecule has 0 unspecified atom stereocenters. The molecule has 1 aromatic heterocycles. The van der Waals surface area contributed by atoms with Crippen molar-refractivity contribution in [2.24, 2.45) is 0 Å². The van der Waals surface area contributed by atoms with Crippen molar-refractivity contribution in [1.29, 1.82) is 0 Å². The second-order valence-corrected chi connectivity index (χ2v) is 4.83. The minimum Gasteiger partial charge on any atom is -0.313 e. The monoisotopic (exact) mass is 283 g/mol. The lowest BCUT2D eigenvalue weighted by Gasteiger charge is -2.07. The van der Waals surface area contributed by atoms with Crippen LogP contribution >= 0.6 is 23.2 Å². The number of nitrogens with one attached hydrogen (secondary N) is 2. The summed E-state index contributed by atoms with van der Waals surface area (Å²) in [6, 6.07) is 5.59. The number of rotatable bonds is 5. The van der Waals surface area contributed by atoms with E-state index in [-0.39, 0.29) is 0 Å². The quantitative estimate of drug-likeness (QED) is 0.818. The number of hydrogen-bond donors (Lipinski definition) is 2. The van der Waals surface area contributed by atoms with Crippen LogP contribution in [0.5, 0.6) is 0 Å². The highest BCUT2D eigenvalue weighted by atomic mass is 35.5. The topological polar surface area (TPSA) is 40.7 Å². The van der Waals surface area contributed by atoms with E-state index in [1.54, 1.807) is 6.07 Å². The minimum atomic E-state index is 0.552. The van der Waals surface area contributed by atoms with E-state index < -0.39 is 0 Å². The summed E-state index contributed by atoms with van der Waals surface area (Å²) in [6.45, 7) is 3.88. The first kappa shape index (κ1) is 13.4. The van der Waals surface area contributed by atoms with E-state index in [9.17, 15) is 0 Å². The van der Waals surface area contributed by atoms with Crippen LogP contribution in [0.1, 0.15) is 18.9 Å². The van der Waals surface area contributed by atoms with Gasteiger partial charge in [0.2, 0.25) is 0 Å². The Morgan fingerprint density at radius 1 is 1.33 bits per heavy atom. The standard InChI is InChI=1S/C13H15Cl2N3/c1-2-6-16-7-9-8-17-18-13(9)10-4-3-5-11(14)12(10)15/h3-5,8,16H,2,6-7H2,1H3,(H,17,18). The third-order valence-electron chi connectivity index (χ3n) is 2.68. The first-order valence-corrected chi connectivity index (χ1v) is 6.67. The van der Waals surface area contributed by atoms with Crippen LogP contribution in [-0.2, 0) is 6.54 Å². The number of halogens is 2. The van der Waals surface area contributed by atoms with Gasteiger partial charge in [0.25, 0.3) is 0 Å². The van der Waals surface area contributed by atoms with Crippen LogP contribution in [0.2, 0.25) is 10.0 Å².